The number of hydrogen-bond acceptors (Lipinski definition) is 6. The minimum Gasteiger partial charge on any atom is -0.504 e. The number of methoxy groups -OCH3 is 1. The zero-order valence-corrected chi connectivity index (χ0v) is 20.3. The van der Waals surface area contributed by atoms with Gasteiger partial charge >= 0.3 is 11.9 Å². The summed E-state index contributed by atoms with van der Waals surface area (Å²) in [6.07, 6.45) is 0.867. The van der Waals surface area contributed by atoms with Crippen LogP contribution in [0.1, 0.15) is 44.2 Å². The Hall–Kier alpha value is -3.59. The summed E-state index contributed by atoms with van der Waals surface area (Å²) in [5.41, 5.74) is 1.26. The van der Waals surface area contributed by atoms with Crippen LogP contribution in [0.25, 0.3) is 0 Å². The van der Waals surface area contributed by atoms with E-state index in [0.29, 0.717) is 18.7 Å². The van der Waals surface area contributed by atoms with Crippen molar-refractivity contribution in [3.05, 3.63) is 59.7 Å². The fourth-order valence-corrected chi connectivity index (χ4v) is 3.87. The van der Waals surface area contributed by atoms with Crippen LogP contribution in [-0.2, 0) is 26.2 Å². The number of benzene rings is 2. The number of ether oxygens (including phenoxy) is 1. The number of carbonyl (C=O) groups is 3. The summed E-state index contributed by atoms with van der Waals surface area (Å²) in [5, 5.41) is 34.5. The maximum Gasteiger partial charge on any atom is 0.326 e. The van der Waals surface area contributed by atoms with Crippen LogP contribution >= 0.6 is 0 Å². The Balaban J connectivity index is 2.08. The first-order valence-electron chi connectivity index (χ1n) is 11.5. The molecule has 0 aliphatic carbocycles. The maximum atomic E-state index is 12.8. The van der Waals surface area contributed by atoms with Crippen molar-refractivity contribution in [3.8, 4) is 11.5 Å². The van der Waals surface area contributed by atoms with E-state index in [1.165, 1.54) is 7.11 Å². The SMILES string of the molecule is CCC(C)(CCN[C@@H](CC(=O)O)C(=O)N[C@@H](Cc1ccccc1)C(=O)O)c1ccc(OC)c(O)c1. The van der Waals surface area contributed by atoms with Gasteiger partial charge in [0, 0.05) is 6.42 Å². The average Bonchev–Trinajstić information content (AvgIpc) is 2.83. The molecule has 3 atom stereocenters. The summed E-state index contributed by atoms with van der Waals surface area (Å²) in [4.78, 5) is 35.9. The third-order valence-electron chi connectivity index (χ3n) is 6.32. The van der Waals surface area contributed by atoms with Gasteiger partial charge < -0.3 is 30.7 Å². The summed E-state index contributed by atoms with van der Waals surface area (Å²) in [6.45, 7) is 4.32. The first-order chi connectivity index (χ1) is 16.6. The van der Waals surface area contributed by atoms with E-state index in [1.54, 1.807) is 36.4 Å². The van der Waals surface area contributed by atoms with Gasteiger partial charge in [-0.05, 0) is 48.1 Å². The lowest BCUT2D eigenvalue weighted by atomic mass is 9.77. The van der Waals surface area contributed by atoms with Crippen LogP contribution in [0.4, 0.5) is 0 Å². The topological polar surface area (TPSA) is 145 Å². The second kappa shape index (κ2) is 12.8. The molecule has 0 aliphatic rings. The van der Waals surface area contributed by atoms with E-state index in [-0.39, 0.29) is 17.6 Å². The molecule has 0 saturated heterocycles. The van der Waals surface area contributed by atoms with Crippen LogP contribution in [0.3, 0.4) is 0 Å². The van der Waals surface area contributed by atoms with E-state index in [1.807, 2.05) is 26.0 Å². The third kappa shape index (κ3) is 7.99. The van der Waals surface area contributed by atoms with Crippen molar-refractivity contribution in [2.24, 2.45) is 0 Å². The van der Waals surface area contributed by atoms with Gasteiger partial charge in [0.1, 0.15) is 6.04 Å². The lowest BCUT2D eigenvalue weighted by Gasteiger charge is -2.30. The minimum atomic E-state index is -1.20. The van der Waals surface area contributed by atoms with E-state index in [4.69, 9.17) is 4.74 Å². The molecule has 9 heteroatoms. The van der Waals surface area contributed by atoms with Gasteiger partial charge in [0.25, 0.3) is 0 Å². The first kappa shape index (κ1) is 27.7. The summed E-state index contributed by atoms with van der Waals surface area (Å²) in [6, 6.07) is 11.8. The number of phenolic OH excluding ortho intramolecular Hbond substituents is 1. The molecule has 0 saturated carbocycles. The van der Waals surface area contributed by atoms with Crippen molar-refractivity contribution in [2.75, 3.05) is 13.7 Å². The van der Waals surface area contributed by atoms with Crippen LogP contribution in [0.5, 0.6) is 11.5 Å². The number of aromatic hydroxyl groups is 1. The zero-order chi connectivity index (χ0) is 26.0. The summed E-state index contributed by atoms with van der Waals surface area (Å²) in [7, 11) is 1.47. The molecule has 0 spiro atoms. The number of aliphatic carboxylic acids is 2. The predicted molar refractivity (Wildman–Crippen MR) is 131 cm³/mol. The van der Waals surface area contributed by atoms with Crippen LogP contribution in [0, 0.1) is 0 Å². The molecule has 0 bridgehead atoms. The quantitative estimate of drug-likeness (QED) is 0.274. The van der Waals surface area contributed by atoms with Crippen LogP contribution < -0.4 is 15.4 Å². The van der Waals surface area contributed by atoms with Gasteiger partial charge in [0.05, 0.1) is 19.6 Å². The average molecular weight is 487 g/mol. The molecule has 0 fully saturated rings. The molecular weight excluding hydrogens is 452 g/mol. The van der Waals surface area contributed by atoms with E-state index in [2.05, 4.69) is 10.6 Å². The van der Waals surface area contributed by atoms with Crippen LogP contribution in [0.2, 0.25) is 0 Å². The zero-order valence-electron chi connectivity index (χ0n) is 20.3. The molecule has 2 aromatic carbocycles. The number of rotatable bonds is 14. The first-order valence-corrected chi connectivity index (χ1v) is 11.5. The Morgan fingerprint density at radius 3 is 2.29 bits per heavy atom. The second-order valence-corrected chi connectivity index (χ2v) is 8.74. The number of carbonyl (C=O) groups excluding carboxylic acids is 1. The number of carboxylic acids is 2. The molecule has 2 aromatic rings. The molecule has 35 heavy (non-hydrogen) atoms. The minimum absolute atomic E-state index is 0.0268. The van der Waals surface area contributed by atoms with E-state index in [0.717, 1.165) is 17.5 Å². The van der Waals surface area contributed by atoms with Crippen molar-refractivity contribution >= 4 is 17.8 Å². The number of amides is 1. The van der Waals surface area contributed by atoms with Gasteiger partial charge in [0.2, 0.25) is 5.91 Å². The number of hydrogen-bond donors (Lipinski definition) is 5. The molecule has 0 radical (unpaired) electrons. The Labute approximate surface area is 205 Å². The highest BCUT2D eigenvalue weighted by Gasteiger charge is 2.29. The van der Waals surface area contributed by atoms with Gasteiger partial charge in [0.15, 0.2) is 11.5 Å². The molecule has 2 rings (SSSR count). The van der Waals surface area contributed by atoms with Gasteiger partial charge in [-0.25, -0.2) is 4.79 Å². The Morgan fingerprint density at radius 1 is 1.06 bits per heavy atom. The van der Waals surface area contributed by atoms with Crippen LogP contribution in [-0.4, -0.2) is 58.9 Å². The van der Waals surface area contributed by atoms with Crippen molar-refractivity contribution < 1.29 is 34.4 Å². The van der Waals surface area contributed by atoms with Gasteiger partial charge in [-0.1, -0.05) is 50.2 Å². The Morgan fingerprint density at radius 2 is 1.74 bits per heavy atom. The molecule has 9 nitrogen and oxygen atoms in total. The van der Waals surface area contributed by atoms with Crippen molar-refractivity contribution in [1.29, 1.82) is 0 Å². The van der Waals surface area contributed by atoms with E-state index < -0.39 is 36.4 Å². The molecule has 0 heterocycles. The highest BCUT2D eigenvalue weighted by Crippen LogP contribution is 2.36. The number of carboxylic acid groups (broad SMARTS) is 2. The molecular formula is C26H34N2O7. The second-order valence-electron chi connectivity index (χ2n) is 8.74. The van der Waals surface area contributed by atoms with E-state index in [9.17, 15) is 29.7 Å². The maximum absolute atomic E-state index is 12.8. The highest BCUT2D eigenvalue weighted by atomic mass is 16.5. The molecule has 0 aliphatic heterocycles. The molecule has 1 unspecified atom stereocenters. The lowest BCUT2D eigenvalue weighted by molar-refractivity contribution is -0.143. The van der Waals surface area contributed by atoms with Crippen molar-refractivity contribution in [2.45, 2.75) is 57.0 Å². The summed E-state index contributed by atoms with van der Waals surface area (Å²) in [5.74, 6) is -2.66. The molecule has 190 valence electrons. The Kier molecular flexibility index (Phi) is 10.1. The van der Waals surface area contributed by atoms with Crippen molar-refractivity contribution in [1.82, 2.24) is 10.6 Å². The van der Waals surface area contributed by atoms with Gasteiger partial charge in [-0.3, -0.25) is 9.59 Å². The standard InChI is InChI=1S/C26H34N2O7/c1-4-26(2,18-10-11-22(35-3)21(29)15-18)12-13-27-19(16-23(30)31)24(32)28-20(25(33)34)14-17-8-6-5-7-9-17/h5-11,15,19-20,27,29H,4,12-14,16H2,1-3H3,(H,28,32)(H,30,31)(H,33,34)/t19-,20-,26?/m0/s1. The summed E-state index contributed by atoms with van der Waals surface area (Å²) < 4.78 is 5.10. The van der Waals surface area contributed by atoms with Crippen molar-refractivity contribution in [3.63, 3.8) is 0 Å². The number of phenols is 1. The lowest BCUT2D eigenvalue weighted by Crippen LogP contribution is -2.52. The normalized spacial score (nSPS) is 14.4. The smallest absolute Gasteiger partial charge is 0.326 e. The van der Waals surface area contributed by atoms with Crippen LogP contribution in [0.15, 0.2) is 48.5 Å². The fourth-order valence-electron chi connectivity index (χ4n) is 3.87. The van der Waals surface area contributed by atoms with Gasteiger partial charge in [-0.15, -0.1) is 0 Å². The van der Waals surface area contributed by atoms with E-state index >= 15 is 0 Å². The summed E-state index contributed by atoms with van der Waals surface area (Å²) >= 11 is 0. The molecule has 5 N–H and O–H groups in total. The fraction of sp³-hybridized carbons (Fsp3) is 0.423. The molecule has 0 aromatic heterocycles. The monoisotopic (exact) mass is 486 g/mol. The predicted octanol–water partition coefficient (Wildman–Crippen LogP) is 2.70. The third-order valence-corrected chi connectivity index (χ3v) is 6.32. The van der Waals surface area contributed by atoms with Gasteiger partial charge in [-0.2, -0.15) is 0 Å². The largest absolute Gasteiger partial charge is 0.504 e. The highest BCUT2D eigenvalue weighted by molar-refractivity contribution is 5.89. The Bertz CT molecular complexity index is 1010. The number of nitrogens with one attached hydrogen (secondary N) is 2. The molecule has 1 amide bonds.